The van der Waals surface area contributed by atoms with Gasteiger partial charge in [-0.05, 0) is 95.3 Å². The Bertz CT molecular complexity index is 1010. The smallest absolute Gasteiger partial charge is 0.0162 e. The van der Waals surface area contributed by atoms with Crippen molar-refractivity contribution < 1.29 is 0 Å². The van der Waals surface area contributed by atoms with Crippen LogP contribution in [0.5, 0.6) is 0 Å². The minimum Gasteiger partial charge on any atom is -0.0625 e. The zero-order chi connectivity index (χ0) is 30.7. The lowest BCUT2D eigenvalue weighted by Gasteiger charge is -2.30. The van der Waals surface area contributed by atoms with Crippen molar-refractivity contribution in [1.29, 1.82) is 0 Å². The summed E-state index contributed by atoms with van der Waals surface area (Å²) in [5, 5.41) is 0. The van der Waals surface area contributed by atoms with Crippen LogP contribution in [0, 0.1) is 41.4 Å². The van der Waals surface area contributed by atoms with Crippen LogP contribution in [0.3, 0.4) is 0 Å². The lowest BCUT2D eigenvalue weighted by molar-refractivity contribution is 0.227. The summed E-state index contributed by atoms with van der Waals surface area (Å²) < 4.78 is 0. The first-order chi connectivity index (χ1) is 21.4. The summed E-state index contributed by atoms with van der Waals surface area (Å²) in [6.07, 6.45) is 29.2. The molecule has 44 heavy (non-hydrogen) atoms. The molecular weight excluding hydrogens is 528 g/mol. The predicted octanol–water partition coefficient (Wildman–Crippen LogP) is 13.8. The molecule has 2 aromatic rings. The number of rotatable bonds is 8. The molecule has 0 atom stereocenters. The summed E-state index contributed by atoms with van der Waals surface area (Å²) in [5.74, 6) is 7.87. The highest BCUT2D eigenvalue weighted by atomic mass is 14.3. The van der Waals surface area contributed by atoms with Gasteiger partial charge >= 0.3 is 0 Å². The molecule has 2 aromatic carbocycles. The number of aryl methyl sites for hydroxylation is 1. The Morgan fingerprint density at radius 3 is 1.14 bits per heavy atom. The molecule has 0 aromatic heterocycles. The molecule has 0 amide bonds. The van der Waals surface area contributed by atoms with Crippen LogP contribution in [0.4, 0.5) is 0 Å². The Balaban J connectivity index is 0.000000204. The second kappa shape index (κ2) is 17.4. The van der Waals surface area contributed by atoms with Crippen LogP contribution in [0.25, 0.3) is 11.1 Å². The highest BCUT2D eigenvalue weighted by Gasteiger charge is 2.23. The predicted molar refractivity (Wildman–Crippen MR) is 193 cm³/mol. The number of hydrogen-bond acceptors (Lipinski definition) is 0. The van der Waals surface area contributed by atoms with Crippen molar-refractivity contribution in [1.82, 2.24) is 0 Å². The Kier molecular flexibility index (Phi) is 13.4. The van der Waals surface area contributed by atoms with Crippen LogP contribution in [-0.2, 0) is 6.42 Å². The minimum atomic E-state index is 0.787. The van der Waals surface area contributed by atoms with E-state index < -0.39 is 0 Å². The molecule has 0 radical (unpaired) electrons. The van der Waals surface area contributed by atoms with Gasteiger partial charge in [0.05, 0.1) is 0 Å². The lowest BCUT2D eigenvalue weighted by Crippen LogP contribution is -2.16. The van der Waals surface area contributed by atoms with E-state index in [1.165, 1.54) is 132 Å². The fourth-order valence-corrected chi connectivity index (χ4v) is 9.10. The molecule has 4 saturated carbocycles. The fraction of sp³-hybridized carbons (Fsp3) is 0.727. The lowest BCUT2D eigenvalue weighted by atomic mass is 9.76. The van der Waals surface area contributed by atoms with Gasteiger partial charge in [-0.1, -0.05) is 179 Å². The van der Waals surface area contributed by atoms with Gasteiger partial charge in [-0.15, -0.1) is 0 Å². The van der Waals surface area contributed by atoms with Gasteiger partial charge in [0, 0.05) is 0 Å². The summed E-state index contributed by atoms with van der Waals surface area (Å²) in [7, 11) is 0. The Labute approximate surface area is 273 Å². The number of benzene rings is 2. The van der Waals surface area contributed by atoms with Crippen molar-refractivity contribution in [3.05, 3.63) is 59.7 Å². The molecule has 0 unspecified atom stereocenters. The minimum absolute atomic E-state index is 0.787. The third-order valence-electron chi connectivity index (χ3n) is 12.9. The molecule has 4 aliphatic carbocycles. The molecule has 4 aliphatic rings. The average molecular weight is 597 g/mol. The van der Waals surface area contributed by atoms with Crippen molar-refractivity contribution in [3.8, 4) is 11.1 Å². The fourth-order valence-electron chi connectivity index (χ4n) is 9.10. The Hall–Kier alpha value is -1.56. The van der Waals surface area contributed by atoms with Crippen LogP contribution in [0.1, 0.15) is 167 Å². The molecule has 0 saturated heterocycles. The Morgan fingerprint density at radius 1 is 0.386 bits per heavy atom. The summed E-state index contributed by atoms with van der Waals surface area (Å²) in [6, 6.07) is 18.8. The summed E-state index contributed by atoms with van der Waals surface area (Å²) >= 11 is 0. The molecule has 0 bridgehead atoms. The van der Waals surface area contributed by atoms with E-state index in [0.29, 0.717) is 0 Å². The largest absolute Gasteiger partial charge is 0.0625 e. The van der Waals surface area contributed by atoms with Crippen molar-refractivity contribution in [2.75, 3.05) is 0 Å². The molecule has 0 spiro atoms. The van der Waals surface area contributed by atoms with E-state index in [1.54, 1.807) is 18.4 Å². The maximum Gasteiger partial charge on any atom is -0.0162 e. The molecule has 0 N–H and O–H groups in total. The van der Waals surface area contributed by atoms with Crippen LogP contribution in [0.15, 0.2) is 48.5 Å². The van der Waals surface area contributed by atoms with E-state index in [2.05, 4.69) is 76.2 Å². The van der Waals surface area contributed by atoms with Crippen molar-refractivity contribution in [2.45, 2.75) is 162 Å². The van der Waals surface area contributed by atoms with Gasteiger partial charge in [-0.25, -0.2) is 0 Å². The van der Waals surface area contributed by atoms with Gasteiger partial charge in [0.1, 0.15) is 0 Å². The zero-order valence-corrected chi connectivity index (χ0v) is 29.4. The quantitative estimate of drug-likeness (QED) is 0.284. The SMILES string of the molecule is CC1CCC(CCC2CCC(C)CC2)CC1.CC1CCC(CCc2ccc(-c3ccc(C4CCC(C)CC4)cc3)cc2)CC1. The van der Waals surface area contributed by atoms with Crippen molar-refractivity contribution in [2.24, 2.45) is 41.4 Å². The molecule has 0 heterocycles. The molecule has 4 fully saturated rings. The van der Waals surface area contributed by atoms with Crippen molar-refractivity contribution >= 4 is 0 Å². The van der Waals surface area contributed by atoms with E-state index in [4.69, 9.17) is 0 Å². The second-order valence-electron chi connectivity index (χ2n) is 16.8. The van der Waals surface area contributed by atoms with E-state index in [-0.39, 0.29) is 0 Å². The van der Waals surface area contributed by atoms with Crippen LogP contribution in [-0.4, -0.2) is 0 Å². The molecule has 0 aliphatic heterocycles. The van der Waals surface area contributed by atoms with Gasteiger partial charge < -0.3 is 0 Å². The van der Waals surface area contributed by atoms with E-state index in [9.17, 15) is 0 Å². The molecular formula is C44H68. The van der Waals surface area contributed by atoms with Gasteiger partial charge in [-0.3, -0.25) is 0 Å². The number of hydrogen-bond donors (Lipinski definition) is 0. The van der Waals surface area contributed by atoms with Gasteiger partial charge in [0.15, 0.2) is 0 Å². The first kappa shape index (κ1) is 33.8. The summed E-state index contributed by atoms with van der Waals surface area (Å²) in [4.78, 5) is 0. The normalized spacial score (nSPS) is 32.8. The third-order valence-corrected chi connectivity index (χ3v) is 12.9. The second-order valence-corrected chi connectivity index (χ2v) is 16.8. The summed E-state index contributed by atoms with van der Waals surface area (Å²) in [5.41, 5.74) is 5.78. The maximum atomic E-state index is 2.43. The molecule has 0 nitrogen and oxygen atoms in total. The van der Waals surface area contributed by atoms with Gasteiger partial charge in [0.2, 0.25) is 0 Å². The zero-order valence-electron chi connectivity index (χ0n) is 29.4. The van der Waals surface area contributed by atoms with Gasteiger partial charge in [0.25, 0.3) is 0 Å². The topological polar surface area (TPSA) is 0 Å². The summed E-state index contributed by atoms with van der Waals surface area (Å²) in [6.45, 7) is 9.67. The van der Waals surface area contributed by atoms with Gasteiger partial charge in [-0.2, -0.15) is 0 Å². The van der Waals surface area contributed by atoms with Crippen LogP contribution >= 0.6 is 0 Å². The first-order valence-electron chi connectivity index (χ1n) is 19.6. The highest BCUT2D eigenvalue weighted by Crippen LogP contribution is 2.38. The first-order valence-corrected chi connectivity index (χ1v) is 19.6. The molecule has 0 heteroatoms. The molecule has 244 valence electrons. The third kappa shape index (κ3) is 10.8. The van der Waals surface area contributed by atoms with Crippen LogP contribution in [0.2, 0.25) is 0 Å². The highest BCUT2D eigenvalue weighted by molar-refractivity contribution is 5.64. The molecule has 6 rings (SSSR count). The van der Waals surface area contributed by atoms with Crippen LogP contribution < -0.4 is 0 Å². The Morgan fingerprint density at radius 2 is 0.727 bits per heavy atom. The van der Waals surface area contributed by atoms with E-state index in [1.807, 2.05) is 0 Å². The standard InChI is InChI=1S/C28H38.C16H30/c1-21-3-7-23(8-4-21)9-10-24-11-15-26(16-12-24)28-19-17-27(18-20-28)25-13-5-22(2)6-14-25;1-13-3-7-15(8-4-13)11-12-16-9-5-14(2)6-10-16/h11-12,15-23,25H,3-10,13-14H2,1-2H3;13-16H,3-12H2,1-2H3. The van der Waals surface area contributed by atoms with Crippen molar-refractivity contribution in [3.63, 3.8) is 0 Å². The monoisotopic (exact) mass is 597 g/mol. The van der Waals surface area contributed by atoms with E-state index >= 15 is 0 Å². The average Bonchev–Trinajstić information content (AvgIpc) is 3.06. The maximum absolute atomic E-state index is 2.43. The van der Waals surface area contributed by atoms with E-state index in [0.717, 1.165) is 47.3 Å².